The molecule has 0 spiro atoms. The number of aryl methyl sites for hydroxylation is 1. The molecule has 0 aliphatic carbocycles. The number of hydrogen-bond donors (Lipinski definition) is 1. The van der Waals surface area contributed by atoms with Crippen LogP contribution in [-0.4, -0.2) is 5.11 Å². The van der Waals surface area contributed by atoms with Gasteiger partial charge in [0.1, 0.15) is 5.75 Å². The van der Waals surface area contributed by atoms with Crippen molar-refractivity contribution in [3.8, 4) is 5.75 Å². The molecule has 0 saturated heterocycles. The predicted octanol–water partition coefficient (Wildman–Crippen LogP) is 6.58. The quantitative estimate of drug-likeness (QED) is 0.322. The van der Waals surface area contributed by atoms with E-state index < -0.39 is 0 Å². The zero-order valence-electron chi connectivity index (χ0n) is 14.0. The summed E-state index contributed by atoms with van der Waals surface area (Å²) in [5.74, 6) is 0.377. The fraction of sp³-hybridized carbons (Fsp3) is 0.524. The first-order valence-corrected chi connectivity index (χ1v) is 8.86. The Balaban J connectivity index is 1.89. The summed E-state index contributed by atoms with van der Waals surface area (Å²) < 4.78 is 0. The summed E-state index contributed by atoms with van der Waals surface area (Å²) in [6, 6.07) is 7.60. The van der Waals surface area contributed by atoms with E-state index in [9.17, 15) is 5.11 Å². The molecule has 1 aromatic carbocycles. The van der Waals surface area contributed by atoms with E-state index in [1.54, 1.807) is 6.07 Å². The fourth-order valence-electron chi connectivity index (χ4n) is 2.62. The Hall–Kier alpha value is -1.50. The van der Waals surface area contributed by atoms with E-state index in [1.165, 1.54) is 69.8 Å². The third-order valence-electron chi connectivity index (χ3n) is 3.94. The van der Waals surface area contributed by atoms with Gasteiger partial charge in [0.05, 0.1) is 0 Å². The lowest BCUT2D eigenvalue weighted by atomic mass is 10.1. The molecule has 0 aromatic heterocycles. The van der Waals surface area contributed by atoms with Crippen molar-refractivity contribution in [1.82, 2.24) is 0 Å². The summed E-state index contributed by atoms with van der Waals surface area (Å²) >= 11 is 0. The highest BCUT2D eigenvalue weighted by Crippen LogP contribution is 2.14. The Kier molecular flexibility index (Phi) is 11.1. The van der Waals surface area contributed by atoms with Crippen molar-refractivity contribution in [2.45, 2.75) is 70.6 Å². The van der Waals surface area contributed by atoms with Gasteiger partial charge in [-0.2, -0.15) is 0 Å². The first-order chi connectivity index (χ1) is 10.8. The Morgan fingerprint density at radius 2 is 1.45 bits per heavy atom. The van der Waals surface area contributed by atoms with Gasteiger partial charge in [-0.3, -0.25) is 0 Å². The molecule has 1 aromatic rings. The summed E-state index contributed by atoms with van der Waals surface area (Å²) in [7, 11) is 0. The number of unbranched alkanes of at least 4 members (excludes halogenated alkanes) is 8. The van der Waals surface area contributed by atoms with Gasteiger partial charge in [-0.15, -0.1) is 6.58 Å². The Bertz CT molecular complexity index is 420. The monoisotopic (exact) mass is 300 g/mol. The topological polar surface area (TPSA) is 20.2 Å². The third-order valence-corrected chi connectivity index (χ3v) is 3.94. The number of hydrogen-bond acceptors (Lipinski definition) is 1. The molecule has 1 heteroatoms. The van der Waals surface area contributed by atoms with Crippen molar-refractivity contribution in [3.63, 3.8) is 0 Å². The average Bonchev–Trinajstić information content (AvgIpc) is 2.52. The van der Waals surface area contributed by atoms with Gasteiger partial charge in [0.25, 0.3) is 0 Å². The van der Waals surface area contributed by atoms with Crippen LogP contribution in [0.25, 0.3) is 0 Å². The van der Waals surface area contributed by atoms with Crippen LogP contribution in [0, 0.1) is 0 Å². The van der Waals surface area contributed by atoms with Gasteiger partial charge in [-0.1, -0.05) is 49.6 Å². The number of phenolic OH excluding ortho intramolecular Hbond substituents is 1. The molecule has 0 aliphatic rings. The maximum atomic E-state index is 9.40. The third kappa shape index (κ3) is 10.3. The molecule has 0 radical (unpaired) electrons. The van der Waals surface area contributed by atoms with E-state index in [0.717, 1.165) is 6.42 Å². The standard InChI is InChI=1S/C21H32O/c1-2-3-4-5-6-7-8-9-10-11-12-13-14-16-20-17-15-18-21(22)19-20/h2,10-11,15,17-19,22H,1,3-9,12-14,16H2/b11-10+. The minimum atomic E-state index is 0.377. The van der Waals surface area contributed by atoms with E-state index in [1.807, 2.05) is 18.2 Å². The molecule has 1 N–H and O–H groups in total. The number of phenols is 1. The predicted molar refractivity (Wildman–Crippen MR) is 97.3 cm³/mol. The zero-order valence-corrected chi connectivity index (χ0v) is 14.0. The van der Waals surface area contributed by atoms with Crippen LogP contribution in [0.1, 0.15) is 69.8 Å². The van der Waals surface area contributed by atoms with Crippen molar-refractivity contribution in [2.75, 3.05) is 0 Å². The Morgan fingerprint density at radius 1 is 0.818 bits per heavy atom. The largest absolute Gasteiger partial charge is 0.508 e. The van der Waals surface area contributed by atoms with Crippen molar-refractivity contribution < 1.29 is 5.11 Å². The van der Waals surface area contributed by atoms with Crippen LogP contribution in [0.5, 0.6) is 5.75 Å². The van der Waals surface area contributed by atoms with E-state index >= 15 is 0 Å². The molecule has 122 valence electrons. The summed E-state index contributed by atoms with van der Waals surface area (Å²) in [5, 5.41) is 9.40. The average molecular weight is 300 g/mol. The molecular weight excluding hydrogens is 268 g/mol. The molecule has 0 heterocycles. The second kappa shape index (κ2) is 13.2. The van der Waals surface area contributed by atoms with E-state index in [-0.39, 0.29) is 0 Å². The van der Waals surface area contributed by atoms with Crippen molar-refractivity contribution in [1.29, 1.82) is 0 Å². The van der Waals surface area contributed by atoms with Gasteiger partial charge < -0.3 is 5.11 Å². The van der Waals surface area contributed by atoms with Gasteiger partial charge in [-0.05, 0) is 69.1 Å². The van der Waals surface area contributed by atoms with E-state index in [4.69, 9.17) is 0 Å². The summed E-state index contributed by atoms with van der Waals surface area (Å²) in [4.78, 5) is 0. The second-order valence-electron chi connectivity index (χ2n) is 6.02. The first-order valence-electron chi connectivity index (χ1n) is 8.86. The molecule has 1 nitrogen and oxygen atoms in total. The van der Waals surface area contributed by atoms with Crippen LogP contribution in [0.2, 0.25) is 0 Å². The highest BCUT2D eigenvalue weighted by atomic mass is 16.3. The number of aromatic hydroxyl groups is 1. The SMILES string of the molecule is C=CCCCCCCC/C=C/CCCCc1cccc(O)c1. The summed E-state index contributed by atoms with van der Waals surface area (Å²) in [5.41, 5.74) is 1.24. The Labute approximate surface area is 136 Å². The molecule has 0 atom stereocenters. The normalized spacial score (nSPS) is 11.1. The lowest BCUT2D eigenvalue weighted by Gasteiger charge is -2.01. The molecule has 0 bridgehead atoms. The van der Waals surface area contributed by atoms with Crippen molar-refractivity contribution in [3.05, 3.63) is 54.6 Å². The van der Waals surface area contributed by atoms with Crippen LogP contribution in [-0.2, 0) is 6.42 Å². The molecule has 22 heavy (non-hydrogen) atoms. The zero-order chi connectivity index (χ0) is 15.9. The van der Waals surface area contributed by atoms with Gasteiger partial charge in [0, 0.05) is 0 Å². The molecule has 0 fully saturated rings. The molecule has 1 rings (SSSR count). The molecule has 0 aliphatic heterocycles. The lowest BCUT2D eigenvalue weighted by molar-refractivity contribution is 0.474. The second-order valence-corrected chi connectivity index (χ2v) is 6.02. The summed E-state index contributed by atoms with van der Waals surface area (Å²) in [6.07, 6.45) is 20.5. The maximum Gasteiger partial charge on any atom is 0.115 e. The molecule has 0 unspecified atom stereocenters. The van der Waals surface area contributed by atoms with E-state index in [2.05, 4.69) is 24.8 Å². The minimum absolute atomic E-state index is 0.377. The van der Waals surface area contributed by atoms with Crippen molar-refractivity contribution in [2.24, 2.45) is 0 Å². The fourth-order valence-corrected chi connectivity index (χ4v) is 2.62. The highest BCUT2D eigenvalue weighted by Gasteiger charge is 1.94. The smallest absolute Gasteiger partial charge is 0.115 e. The molecular formula is C21H32O. The van der Waals surface area contributed by atoms with Crippen LogP contribution < -0.4 is 0 Å². The maximum absolute atomic E-state index is 9.40. The highest BCUT2D eigenvalue weighted by molar-refractivity contribution is 5.27. The number of allylic oxidation sites excluding steroid dienone is 3. The number of benzene rings is 1. The number of rotatable bonds is 13. The van der Waals surface area contributed by atoms with Crippen LogP contribution >= 0.6 is 0 Å². The molecule has 0 amide bonds. The summed E-state index contributed by atoms with van der Waals surface area (Å²) in [6.45, 7) is 3.75. The van der Waals surface area contributed by atoms with Crippen molar-refractivity contribution >= 4 is 0 Å². The van der Waals surface area contributed by atoms with Gasteiger partial charge in [0.15, 0.2) is 0 Å². The van der Waals surface area contributed by atoms with Gasteiger partial charge in [0.2, 0.25) is 0 Å². The van der Waals surface area contributed by atoms with Crippen LogP contribution in [0.4, 0.5) is 0 Å². The van der Waals surface area contributed by atoms with Crippen LogP contribution in [0.3, 0.4) is 0 Å². The van der Waals surface area contributed by atoms with E-state index in [0.29, 0.717) is 5.75 Å². The molecule has 0 saturated carbocycles. The van der Waals surface area contributed by atoms with Crippen LogP contribution in [0.15, 0.2) is 49.1 Å². The first kappa shape index (κ1) is 18.5. The van der Waals surface area contributed by atoms with Gasteiger partial charge in [-0.25, -0.2) is 0 Å². The lowest BCUT2D eigenvalue weighted by Crippen LogP contribution is -1.84. The Morgan fingerprint density at radius 3 is 2.14 bits per heavy atom. The van der Waals surface area contributed by atoms with Gasteiger partial charge >= 0.3 is 0 Å². The minimum Gasteiger partial charge on any atom is -0.508 e.